The number of rotatable bonds is 0. The number of fused-ring (bicyclic) bond motifs is 1. The molecule has 1 aromatic carbocycles. The maximum atomic E-state index is 10.2. The number of para-hydroxylation sites is 2. The Morgan fingerprint density at radius 2 is 1.53 bits per heavy atom. The normalized spacial score (nSPS) is 15.0. The Bertz CT molecular complexity index is 505. The first kappa shape index (κ1) is 11.2. The summed E-state index contributed by atoms with van der Waals surface area (Å²) in [4.78, 5) is 20.5. The van der Waals surface area contributed by atoms with E-state index in [4.69, 9.17) is 5.21 Å². The molecule has 0 radical (unpaired) electrons. The minimum Gasteiger partial charge on any atom is -0.279 e. The zero-order valence-corrected chi connectivity index (χ0v) is 8.83. The molecule has 1 aliphatic heterocycles. The minimum absolute atomic E-state index is 0.148. The van der Waals surface area contributed by atoms with E-state index in [1.54, 1.807) is 0 Å². The monoisotopic (exact) mass is 234 g/mol. The summed E-state index contributed by atoms with van der Waals surface area (Å²) in [6.45, 7) is 0. The topological polar surface area (TPSA) is 99.2 Å². The Hall–Kier alpha value is -2.28. The lowest BCUT2D eigenvalue weighted by Gasteiger charge is -1.98. The summed E-state index contributed by atoms with van der Waals surface area (Å²) in [5.41, 5.74) is 1.83. The summed E-state index contributed by atoms with van der Waals surface area (Å²) in [6.07, 6.45) is 0.296. The fourth-order valence-electron chi connectivity index (χ4n) is 1.35. The summed E-state index contributed by atoms with van der Waals surface area (Å²) in [5, 5.41) is 18.9. The fourth-order valence-corrected chi connectivity index (χ4v) is 1.35. The molecule has 2 aromatic rings. The molecule has 2 amide bonds. The number of H-pyrrole nitrogens is 1. The summed E-state index contributed by atoms with van der Waals surface area (Å²) < 4.78 is 0. The van der Waals surface area contributed by atoms with Crippen LogP contribution in [0.3, 0.4) is 0 Å². The lowest BCUT2D eigenvalue weighted by Crippen LogP contribution is -2.24. The molecular formula is C10H10N4O3. The van der Waals surface area contributed by atoms with Crippen LogP contribution in [0.15, 0.2) is 24.3 Å². The van der Waals surface area contributed by atoms with Crippen LogP contribution >= 0.6 is 0 Å². The molecule has 2 N–H and O–H groups in total. The number of aromatic amines is 1. The second kappa shape index (κ2) is 4.71. The average Bonchev–Trinajstić information content (AvgIpc) is 2.93. The standard InChI is InChI=1S/C6H5N3.C4H5NO3/c1-2-4-6-5(3-1)7-9-8-6;6-3-1-2-4(7)5(3)8/h1-4H,(H,7,8,9);8H,1-2H2. The van der Waals surface area contributed by atoms with Gasteiger partial charge >= 0.3 is 0 Å². The van der Waals surface area contributed by atoms with Crippen LogP contribution in [-0.4, -0.2) is 37.5 Å². The summed E-state index contributed by atoms with van der Waals surface area (Å²) in [5.74, 6) is -1.01. The third-order valence-electron chi connectivity index (χ3n) is 2.25. The van der Waals surface area contributed by atoms with Crippen molar-refractivity contribution in [2.24, 2.45) is 0 Å². The first-order chi connectivity index (χ1) is 8.18. The molecule has 88 valence electrons. The van der Waals surface area contributed by atoms with E-state index >= 15 is 0 Å². The molecule has 3 rings (SSSR count). The van der Waals surface area contributed by atoms with E-state index in [2.05, 4.69) is 15.4 Å². The number of nitrogens with one attached hydrogen (secondary N) is 1. The quantitative estimate of drug-likeness (QED) is 0.510. The van der Waals surface area contributed by atoms with Gasteiger partial charge in [0.2, 0.25) is 0 Å². The minimum atomic E-state index is -0.505. The zero-order chi connectivity index (χ0) is 12.3. The lowest BCUT2D eigenvalue weighted by atomic mass is 10.3. The highest BCUT2D eigenvalue weighted by Gasteiger charge is 2.26. The summed E-state index contributed by atoms with van der Waals surface area (Å²) in [6, 6.07) is 7.70. The van der Waals surface area contributed by atoms with Gasteiger partial charge in [0.25, 0.3) is 11.8 Å². The molecule has 7 heteroatoms. The molecule has 2 heterocycles. The van der Waals surface area contributed by atoms with Gasteiger partial charge in [0.05, 0.1) is 0 Å². The van der Waals surface area contributed by atoms with Crippen LogP contribution in [-0.2, 0) is 9.59 Å². The molecule has 1 aliphatic rings. The zero-order valence-electron chi connectivity index (χ0n) is 8.83. The maximum Gasteiger partial charge on any atom is 0.253 e. The molecular weight excluding hydrogens is 224 g/mol. The van der Waals surface area contributed by atoms with Crippen molar-refractivity contribution < 1.29 is 14.8 Å². The first-order valence-corrected chi connectivity index (χ1v) is 4.98. The predicted molar refractivity (Wildman–Crippen MR) is 56.8 cm³/mol. The van der Waals surface area contributed by atoms with Gasteiger partial charge in [-0.1, -0.05) is 12.1 Å². The highest BCUT2D eigenvalue weighted by atomic mass is 16.5. The van der Waals surface area contributed by atoms with Crippen molar-refractivity contribution in [3.8, 4) is 0 Å². The van der Waals surface area contributed by atoms with Crippen molar-refractivity contribution >= 4 is 22.8 Å². The smallest absolute Gasteiger partial charge is 0.253 e. The number of imide groups is 1. The highest BCUT2D eigenvalue weighted by Crippen LogP contribution is 2.07. The van der Waals surface area contributed by atoms with Crippen LogP contribution in [0.5, 0.6) is 0 Å². The van der Waals surface area contributed by atoms with Crippen LogP contribution in [0.25, 0.3) is 11.0 Å². The maximum absolute atomic E-state index is 10.2. The second-order valence-corrected chi connectivity index (χ2v) is 3.41. The Morgan fingerprint density at radius 3 is 1.88 bits per heavy atom. The van der Waals surface area contributed by atoms with Crippen molar-refractivity contribution in [1.29, 1.82) is 0 Å². The number of carbonyl (C=O) groups excluding carboxylic acids is 2. The van der Waals surface area contributed by atoms with Gasteiger partial charge in [-0.15, -0.1) is 0 Å². The SMILES string of the molecule is O=C1CCC(=O)N1O.c1ccc2n[nH]nc2c1. The van der Waals surface area contributed by atoms with E-state index in [0.29, 0.717) is 0 Å². The number of hydroxylamine groups is 2. The molecule has 0 bridgehead atoms. The molecule has 7 nitrogen and oxygen atoms in total. The van der Waals surface area contributed by atoms with Gasteiger partial charge in [-0.05, 0) is 12.1 Å². The van der Waals surface area contributed by atoms with Crippen molar-refractivity contribution in [1.82, 2.24) is 20.5 Å². The Morgan fingerprint density at radius 1 is 1.06 bits per heavy atom. The molecule has 1 aromatic heterocycles. The predicted octanol–water partition coefficient (Wildman–Crippen LogP) is 0.482. The highest BCUT2D eigenvalue weighted by molar-refractivity contribution is 6.00. The van der Waals surface area contributed by atoms with E-state index in [1.807, 2.05) is 24.3 Å². The van der Waals surface area contributed by atoms with Gasteiger partial charge in [-0.25, -0.2) is 0 Å². The molecule has 17 heavy (non-hydrogen) atoms. The van der Waals surface area contributed by atoms with Crippen molar-refractivity contribution in [3.63, 3.8) is 0 Å². The Balaban J connectivity index is 0.000000128. The van der Waals surface area contributed by atoms with Crippen LogP contribution in [0, 0.1) is 0 Å². The molecule has 1 fully saturated rings. The summed E-state index contributed by atoms with van der Waals surface area (Å²) >= 11 is 0. The summed E-state index contributed by atoms with van der Waals surface area (Å²) in [7, 11) is 0. The molecule has 0 spiro atoms. The van der Waals surface area contributed by atoms with E-state index in [0.717, 1.165) is 11.0 Å². The van der Waals surface area contributed by atoms with Crippen LogP contribution < -0.4 is 0 Å². The number of aromatic nitrogens is 3. The van der Waals surface area contributed by atoms with Crippen molar-refractivity contribution in [3.05, 3.63) is 24.3 Å². The van der Waals surface area contributed by atoms with E-state index in [1.165, 1.54) is 0 Å². The number of nitrogens with zero attached hydrogens (tertiary/aromatic N) is 3. The van der Waals surface area contributed by atoms with Gasteiger partial charge in [-0.3, -0.25) is 14.8 Å². The van der Waals surface area contributed by atoms with Gasteiger partial charge in [0, 0.05) is 12.8 Å². The average molecular weight is 234 g/mol. The van der Waals surface area contributed by atoms with Gasteiger partial charge in [0.15, 0.2) is 0 Å². The molecule has 1 saturated heterocycles. The van der Waals surface area contributed by atoms with Gasteiger partial charge in [-0.2, -0.15) is 20.5 Å². The first-order valence-electron chi connectivity index (χ1n) is 4.98. The van der Waals surface area contributed by atoms with Crippen LogP contribution in [0.1, 0.15) is 12.8 Å². The van der Waals surface area contributed by atoms with Crippen LogP contribution in [0.2, 0.25) is 0 Å². The largest absolute Gasteiger partial charge is 0.279 e. The lowest BCUT2D eigenvalue weighted by molar-refractivity contribution is -0.171. The number of hydrogen-bond acceptors (Lipinski definition) is 5. The number of amides is 2. The third kappa shape index (κ3) is 2.45. The van der Waals surface area contributed by atoms with Crippen molar-refractivity contribution in [2.75, 3.05) is 0 Å². The Kier molecular flexibility index (Phi) is 3.10. The van der Waals surface area contributed by atoms with Gasteiger partial charge in [0.1, 0.15) is 11.0 Å². The molecule has 0 atom stereocenters. The molecule has 0 unspecified atom stereocenters. The Labute approximate surface area is 96.0 Å². The van der Waals surface area contributed by atoms with E-state index in [9.17, 15) is 9.59 Å². The van der Waals surface area contributed by atoms with E-state index < -0.39 is 11.8 Å². The third-order valence-corrected chi connectivity index (χ3v) is 2.25. The molecule has 0 aliphatic carbocycles. The van der Waals surface area contributed by atoms with Crippen molar-refractivity contribution in [2.45, 2.75) is 12.8 Å². The van der Waals surface area contributed by atoms with Gasteiger partial charge < -0.3 is 0 Å². The fraction of sp³-hybridized carbons (Fsp3) is 0.200. The van der Waals surface area contributed by atoms with Crippen LogP contribution in [0.4, 0.5) is 0 Å². The number of hydrogen-bond donors (Lipinski definition) is 2. The second-order valence-electron chi connectivity index (χ2n) is 3.41. The number of carbonyl (C=O) groups is 2. The number of benzene rings is 1. The van der Waals surface area contributed by atoms with E-state index in [-0.39, 0.29) is 17.9 Å². The molecule has 0 saturated carbocycles.